The lowest BCUT2D eigenvalue weighted by molar-refractivity contribution is -0.138. The van der Waals surface area contributed by atoms with Gasteiger partial charge in [-0.15, -0.1) is 0 Å². The molecule has 0 aliphatic rings. The van der Waals surface area contributed by atoms with Crippen molar-refractivity contribution in [3.63, 3.8) is 0 Å². The van der Waals surface area contributed by atoms with Crippen molar-refractivity contribution in [3.05, 3.63) is 23.2 Å². The van der Waals surface area contributed by atoms with Crippen molar-refractivity contribution in [2.75, 3.05) is 0 Å². The minimum absolute atomic E-state index is 0.212. The van der Waals surface area contributed by atoms with Gasteiger partial charge in [-0.05, 0) is 6.42 Å². The monoisotopic (exact) mass is 200 g/mol. The summed E-state index contributed by atoms with van der Waals surface area (Å²) in [6.07, 6.45) is 3.21. The Hall–Kier alpha value is -1.16. The fraction of sp³-hybridized carbons (Fsp3) is 0.375. The second kappa shape index (κ2) is 4.18. The topological polar surface area (TPSA) is 63.1 Å². The van der Waals surface area contributed by atoms with Crippen LogP contribution < -0.4 is 0 Å². The number of halogens is 1. The summed E-state index contributed by atoms with van der Waals surface area (Å²) in [6, 6.07) is 0. The van der Waals surface area contributed by atoms with Gasteiger partial charge < -0.3 is 5.11 Å². The smallest absolute Gasteiger partial charge is 0.311 e. The Bertz CT molecular complexity index is 317. The van der Waals surface area contributed by atoms with Crippen LogP contribution in [0, 0.1) is 0 Å². The average molecular weight is 201 g/mol. The first-order valence-corrected chi connectivity index (χ1v) is 4.22. The molecule has 0 aromatic carbocycles. The van der Waals surface area contributed by atoms with Gasteiger partial charge in [-0.1, -0.05) is 18.5 Å². The standard InChI is InChI=1S/C8H9ClN2O2/c1-2-5(8(12)13)6-3-10-4-11-7(6)9/h3-5H,2H2,1H3,(H,12,13). The zero-order chi connectivity index (χ0) is 9.84. The molecule has 13 heavy (non-hydrogen) atoms. The Balaban J connectivity index is 3.04. The molecule has 1 rings (SSSR count). The van der Waals surface area contributed by atoms with Crippen LogP contribution in [-0.2, 0) is 4.79 Å². The van der Waals surface area contributed by atoms with E-state index in [4.69, 9.17) is 16.7 Å². The molecule has 0 saturated carbocycles. The van der Waals surface area contributed by atoms with Gasteiger partial charge >= 0.3 is 5.97 Å². The van der Waals surface area contributed by atoms with E-state index >= 15 is 0 Å². The summed E-state index contributed by atoms with van der Waals surface area (Å²) in [4.78, 5) is 18.2. The van der Waals surface area contributed by atoms with Gasteiger partial charge in [0.1, 0.15) is 11.5 Å². The third-order valence-electron chi connectivity index (χ3n) is 1.77. The summed E-state index contributed by atoms with van der Waals surface area (Å²) in [5, 5.41) is 9.05. The van der Waals surface area contributed by atoms with Crippen molar-refractivity contribution in [2.45, 2.75) is 19.3 Å². The normalized spacial score (nSPS) is 12.5. The highest BCUT2D eigenvalue weighted by molar-refractivity contribution is 6.30. The average Bonchev–Trinajstić information content (AvgIpc) is 2.09. The molecular weight excluding hydrogens is 192 g/mol. The van der Waals surface area contributed by atoms with Gasteiger partial charge in [0.2, 0.25) is 0 Å². The molecule has 0 saturated heterocycles. The Kier molecular flexibility index (Phi) is 3.19. The van der Waals surface area contributed by atoms with Crippen molar-refractivity contribution in [1.82, 2.24) is 9.97 Å². The van der Waals surface area contributed by atoms with Crippen molar-refractivity contribution < 1.29 is 9.90 Å². The molecule has 1 N–H and O–H groups in total. The van der Waals surface area contributed by atoms with E-state index in [1.54, 1.807) is 6.92 Å². The van der Waals surface area contributed by atoms with Crippen LogP contribution in [0.15, 0.2) is 12.5 Å². The third kappa shape index (κ3) is 2.15. The van der Waals surface area contributed by atoms with Gasteiger partial charge in [0.05, 0.1) is 5.92 Å². The van der Waals surface area contributed by atoms with Gasteiger partial charge in [0, 0.05) is 11.8 Å². The first-order chi connectivity index (χ1) is 6.16. The highest BCUT2D eigenvalue weighted by Crippen LogP contribution is 2.24. The highest BCUT2D eigenvalue weighted by Gasteiger charge is 2.20. The van der Waals surface area contributed by atoms with E-state index in [-0.39, 0.29) is 5.15 Å². The molecular formula is C8H9ClN2O2. The summed E-state index contributed by atoms with van der Waals surface area (Å²) in [5.74, 6) is -1.52. The maximum absolute atomic E-state index is 10.8. The molecule has 0 aliphatic carbocycles. The molecule has 1 atom stereocenters. The predicted octanol–water partition coefficient (Wildman–Crippen LogP) is 1.71. The number of hydrogen-bond donors (Lipinski definition) is 1. The molecule has 0 spiro atoms. The van der Waals surface area contributed by atoms with Gasteiger partial charge in [-0.2, -0.15) is 0 Å². The molecule has 1 aromatic rings. The van der Waals surface area contributed by atoms with Gasteiger partial charge in [-0.3, -0.25) is 4.79 Å². The lowest BCUT2D eigenvalue weighted by Crippen LogP contribution is -2.11. The van der Waals surface area contributed by atoms with Crippen LogP contribution in [0.25, 0.3) is 0 Å². The van der Waals surface area contributed by atoms with Crippen LogP contribution in [0.2, 0.25) is 5.15 Å². The Morgan fingerprint density at radius 1 is 1.77 bits per heavy atom. The van der Waals surface area contributed by atoms with Gasteiger partial charge in [0.25, 0.3) is 0 Å². The summed E-state index contributed by atoms with van der Waals surface area (Å²) in [6.45, 7) is 1.78. The van der Waals surface area contributed by atoms with Crippen LogP contribution in [-0.4, -0.2) is 21.0 Å². The maximum Gasteiger partial charge on any atom is 0.311 e. The Morgan fingerprint density at radius 3 is 2.92 bits per heavy atom. The van der Waals surface area contributed by atoms with E-state index in [0.29, 0.717) is 12.0 Å². The van der Waals surface area contributed by atoms with Gasteiger partial charge in [-0.25, -0.2) is 9.97 Å². The summed E-state index contributed by atoms with van der Waals surface area (Å²) < 4.78 is 0. The number of rotatable bonds is 3. The van der Waals surface area contributed by atoms with E-state index in [1.165, 1.54) is 12.5 Å². The van der Waals surface area contributed by atoms with Gasteiger partial charge in [0.15, 0.2) is 0 Å². The quantitative estimate of drug-likeness (QED) is 0.755. The number of nitrogens with zero attached hydrogens (tertiary/aromatic N) is 2. The van der Waals surface area contributed by atoms with Crippen molar-refractivity contribution in [3.8, 4) is 0 Å². The van der Waals surface area contributed by atoms with Crippen LogP contribution >= 0.6 is 11.6 Å². The van der Waals surface area contributed by atoms with Crippen LogP contribution in [0.3, 0.4) is 0 Å². The molecule has 0 bridgehead atoms. The molecule has 70 valence electrons. The first-order valence-electron chi connectivity index (χ1n) is 3.85. The fourth-order valence-electron chi connectivity index (χ4n) is 1.09. The lowest BCUT2D eigenvalue weighted by Gasteiger charge is -2.09. The minimum atomic E-state index is -0.904. The van der Waals surface area contributed by atoms with E-state index in [9.17, 15) is 4.79 Å². The van der Waals surface area contributed by atoms with E-state index < -0.39 is 11.9 Å². The second-order valence-corrected chi connectivity index (χ2v) is 2.93. The molecule has 1 aromatic heterocycles. The molecule has 0 aliphatic heterocycles. The van der Waals surface area contributed by atoms with Crippen molar-refractivity contribution in [1.29, 1.82) is 0 Å². The summed E-state index contributed by atoms with van der Waals surface area (Å²) in [5.41, 5.74) is 0.471. The molecule has 0 amide bonds. The number of carboxylic acids is 1. The molecule has 1 unspecified atom stereocenters. The van der Waals surface area contributed by atoms with Crippen LogP contribution in [0.5, 0.6) is 0 Å². The zero-order valence-electron chi connectivity index (χ0n) is 7.07. The molecule has 1 heterocycles. The third-order valence-corrected chi connectivity index (χ3v) is 2.09. The fourth-order valence-corrected chi connectivity index (χ4v) is 1.31. The van der Waals surface area contributed by atoms with Crippen molar-refractivity contribution in [2.24, 2.45) is 0 Å². The molecule has 0 radical (unpaired) electrons. The Morgan fingerprint density at radius 2 is 2.46 bits per heavy atom. The van der Waals surface area contributed by atoms with Crippen molar-refractivity contribution >= 4 is 17.6 Å². The lowest BCUT2D eigenvalue weighted by atomic mass is 10.00. The minimum Gasteiger partial charge on any atom is -0.481 e. The number of carbonyl (C=O) groups is 1. The summed E-state index contributed by atoms with van der Waals surface area (Å²) in [7, 11) is 0. The zero-order valence-corrected chi connectivity index (χ0v) is 7.82. The van der Waals surface area contributed by atoms with Crippen LogP contribution in [0.4, 0.5) is 0 Å². The highest BCUT2D eigenvalue weighted by atomic mass is 35.5. The first kappa shape index (κ1) is 9.92. The van der Waals surface area contributed by atoms with Crippen LogP contribution in [0.1, 0.15) is 24.8 Å². The number of hydrogen-bond acceptors (Lipinski definition) is 3. The number of carboxylic acid groups (broad SMARTS) is 1. The van der Waals surface area contributed by atoms with E-state index in [1.807, 2.05) is 0 Å². The summed E-state index contributed by atoms with van der Waals surface area (Å²) >= 11 is 5.73. The molecule has 4 nitrogen and oxygen atoms in total. The second-order valence-electron chi connectivity index (χ2n) is 2.57. The number of aliphatic carboxylic acids is 1. The predicted molar refractivity (Wildman–Crippen MR) is 47.7 cm³/mol. The molecule has 0 fully saturated rings. The largest absolute Gasteiger partial charge is 0.481 e. The molecule has 5 heteroatoms. The SMILES string of the molecule is CCC(C(=O)O)c1cncnc1Cl. The van der Waals surface area contributed by atoms with E-state index in [2.05, 4.69) is 9.97 Å². The Labute approximate surface area is 80.6 Å². The maximum atomic E-state index is 10.8. The number of aromatic nitrogens is 2. The van der Waals surface area contributed by atoms with E-state index in [0.717, 1.165) is 0 Å².